The summed E-state index contributed by atoms with van der Waals surface area (Å²) in [7, 11) is 1.65. The lowest BCUT2D eigenvalue weighted by molar-refractivity contribution is 0.391. The number of hydrogen-bond donors (Lipinski definition) is 1. The van der Waals surface area contributed by atoms with Crippen LogP contribution in [0, 0.1) is 0 Å². The molecule has 3 rings (SSSR count). The van der Waals surface area contributed by atoms with E-state index in [0.717, 1.165) is 15.0 Å². The van der Waals surface area contributed by atoms with Gasteiger partial charge in [0, 0.05) is 29.0 Å². The van der Waals surface area contributed by atoms with E-state index >= 15 is 0 Å². The fourth-order valence-corrected chi connectivity index (χ4v) is 3.86. The van der Waals surface area contributed by atoms with Crippen molar-refractivity contribution in [3.8, 4) is 5.88 Å². The van der Waals surface area contributed by atoms with Crippen LogP contribution in [0.3, 0.4) is 0 Å². The monoisotopic (exact) mass is 327 g/mol. The summed E-state index contributed by atoms with van der Waals surface area (Å²) in [5, 5.41) is 5.51. The third kappa shape index (κ3) is 2.56. The van der Waals surface area contributed by atoms with Crippen LogP contribution < -0.4 is 10.1 Å². The Morgan fingerprint density at radius 2 is 2.35 bits per heavy atom. The molecule has 20 heavy (non-hydrogen) atoms. The molecule has 1 unspecified atom stereocenters. The smallest absolute Gasteiger partial charge is 0.237 e. The summed E-state index contributed by atoms with van der Waals surface area (Å²) < 4.78 is 8.22. The van der Waals surface area contributed by atoms with E-state index in [1.165, 1.54) is 4.88 Å². The van der Waals surface area contributed by atoms with Crippen LogP contribution in [0.25, 0.3) is 4.96 Å². The molecule has 0 aliphatic heterocycles. The lowest BCUT2D eigenvalue weighted by Crippen LogP contribution is -2.18. The second-order valence-electron chi connectivity index (χ2n) is 4.37. The van der Waals surface area contributed by atoms with Crippen molar-refractivity contribution in [2.45, 2.75) is 19.5 Å². The Balaban J connectivity index is 1.77. The van der Waals surface area contributed by atoms with Gasteiger partial charge >= 0.3 is 0 Å². The van der Waals surface area contributed by atoms with E-state index in [4.69, 9.17) is 16.3 Å². The van der Waals surface area contributed by atoms with Crippen molar-refractivity contribution in [3.63, 3.8) is 0 Å². The maximum Gasteiger partial charge on any atom is 0.237 e. The molecule has 0 saturated heterocycles. The molecule has 3 aromatic rings. The molecule has 0 spiro atoms. The standard InChI is InChI=1S/C13H14ClN3OS2/c1-8(10-3-4-11(14)20-10)15-7-9-12(18-2)16-13-17(9)5-6-19-13/h3-6,8,15H,7H2,1-2H3. The van der Waals surface area contributed by atoms with Gasteiger partial charge in [-0.25, -0.2) is 0 Å². The van der Waals surface area contributed by atoms with Gasteiger partial charge in [0.2, 0.25) is 5.88 Å². The van der Waals surface area contributed by atoms with Crippen molar-refractivity contribution in [2.24, 2.45) is 0 Å². The number of aromatic nitrogens is 2. The Labute approximate surface area is 130 Å². The first-order chi connectivity index (χ1) is 9.69. The number of thiazole rings is 1. The lowest BCUT2D eigenvalue weighted by Gasteiger charge is -2.12. The Kier molecular flexibility index (Phi) is 3.98. The largest absolute Gasteiger partial charge is 0.480 e. The molecule has 0 radical (unpaired) electrons. The minimum atomic E-state index is 0.237. The van der Waals surface area contributed by atoms with E-state index in [-0.39, 0.29) is 6.04 Å². The highest BCUT2D eigenvalue weighted by Crippen LogP contribution is 2.28. The van der Waals surface area contributed by atoms with Crippen molar-refractivity contribution in [1.82, 2.24) is 14.7 Å². The van der Waals surface area contributed by atoms with Crippen LogP contribution in [0.5, 0.6) is 5.88 Å². The van der Waals surface area contributed by atoms with Crippen LogP contribution in [0.2, 0.25) is 4.34 Å². The minimum absolute atomic E-state index is 0.237. The molecule has 4 nitrogen and oxygen atoms in total. The number of fused-ring (bicyclic) bond motifs is 1. The van der Waals surface area contributed by atoms with Crippen molar-refractivity contribution in [2.75, 3.05) is 7.11 Å². The fraction of sp³-hybridized carbons (Fsp3) is 0.308. The van der Waals surface area contributed by atoms with E-state index in [9.17, 15) is 0 Å². The van der Waals surface area contributed by atoms with Gasteiger partial charge in [0.1, 0.15) is 5.69 Å². The fourth-order valence-electron chi connectivity index (χ4n) is 2.05. The molecule has 7 heteroatoms. The van der Waals surface area contributed by atoms with Crippen molar-refractivity contribution in [3.05, 3.63) is 38.6 Å². The Morgan fingerprint density at radius 3 is 3.05 bits per heavy atom. The van der Waals surface area contributed by atoms with Crippen LogP contribution in [0.1, 0.15) is 23.5 Å². The molecule has 1 atom stereocenters. The summed E-state index contributed by atoms with van der Waals surface area (Å²) in [6, 6.07) is 4.22. The summed E-state index contributed by atoms with van der Waals surface area (Å²) in [5.41, 5.74) is 1.04. The molecule has 0 aliphatic carbocycles. The van der Waals surface area contributed by atoms with Gasteiger partial charge in [-0.3, -0.25) is 4.40 Å². The van der Waals surface area contributed by atoms with E-state index in [1.54, 1.807) is 29.8 Å². The van der Waals surface area contributed by atoms with Gasteiger partial charge in [-0.2, -0.15) is 4.98 Å². The Hall–Kier alpha value is -1.08. The number of nitrogens with zero attached hydrogens (tertiary/aromatic N) is 2. The summed E-state index contributed by atoms with van der Waals surface area (Å²) in [5.74, 6) is 0.681. The molecule has 0 aromatic carbocycles. The molecule has 0 aliphatic rings. The van der Waals surface area contributed by atoms with E-state index in [2.05, 4.69) is 27.7 Å². The van der Waals surface area contributed by atoms with E-state index in [1.807, 2.05) is 17.6 Å². The average Bonchev–Trinajstić information content (AvgIpc) is 3.11. The van der Waals surface area contributed by atoms with Crippen LogP contribution in [0.15, 0.2) is 23.7 Å². The summed E-state index contributed by atoms with van der Waals surface area (Å²) in [6.45, 7) is 2.82. The molecule has 0 bridgehead atoms. The van der Waals surface area contributed by atoms with Crippen molar-refractivity contribution >= 4 is 39.2 Å². The zero-order valence-electron chi connectivity index (χ0n) is 11.1. The molecule has 3 aromatic heterocycles. The first kappa shape index (κ1) is 13.9. The van der Waals surface area contributed by atoms with Gasteiger partial charge in [-0.1, -0.05) is 11.6 Å². The quantitative estimate of drug-likeness (QED) is 0.770. The van der Waals surface area contributed by atoms with E-state index in [0.29, 0.717) is 12.4 Å². The molecule has 3 heterocycles. The third-order valence-corrected chi connectivity index (χ3v) is 5.28. The Morgan fingerprint density at radius 1 is 1.50 bits per heavy atom. The van der Waals surface area contributed by atoms with Crippen LogP contribution in [0.4, 0.5) is 0 Å². The van der Waals surface area contributed by atoms with Crippen LogP contribution in [-0.4, -0.2) is 16.5 Å². The number of rotatable bonds is 5. The SMILES string of the molecule is COc1nc2sccn2c1CNC(C)c1ccc(Cl)s1. The molecular formula is C13H14ClN3OS2. The first-order valence-corrected chi connectivity index (χ1v) is 8.23. The molecule has 1 N–H and O–H groups in total. The number of hydrogen-bond acceptors (Lipinski definition) is 5. The van der Waals surface area contributed by atoms with Gasteiger partial charge in [-0.05, 0) is 19.1 Å². The lowest BCUT2D eigenvalue weighted by atomic mass is 10.2. The van der Waals surface area contributed by atoms with E-state index < -0.39 is 0 Å². The minimum Gasteiger partial charge on any atom is -0.480 e. The number of thiophene rings is 1. The van der Waals surface area contributed by atoms with Crippen molar-refractivity contribution in [1.29, 1.82) is 0 Å². The summed E-state index contributed by atoms with van der Waals surface area (Å²) >= 11 is 9.17. The van der Waals surface area contributed by atoms with Crippen LogP contribution >= 0.6 is 34.3 Å². The molecule has 0 fully saturated rings. The highest BCUT2D eigenvalue weighted by molar-refractivity contribution is 7.16. The number of imidazole rings is 1. The third-order valence-electron chi connectivity index (χ3n) is 3.11. The number of halogens is 1. The van der Waals surface area contributed by atoms with Crippen molar-refractivity contribution < 1.29 is 4.74 Å². The number of nitrogens with one attached hydrogen (secondary N) is 1. The zero-order chi connectivity index (χ0) is 14.1. The van der Waals surface area contributed by atoms with Gasteiger partial charge in [0.25, 0.3) is 0 Å². The molecule has 0 amide bonds. The van der Waals surface area contributed by atoms with Gasteiger partial charge in [0.05, 0.1) is 11.4 Å². The van der Waals surface area contributed by atoms with Gasteiger partial charge < -0.3 is 10.1 Å². The second kappa shape index (κ2) is 5.73. The highest BCUT2D eigenvalue weighted by atomic mass is 35.5. The second-order valence-corrected chi connectivity index (χ2v) is 6.99. The summed E-state index contributed by atoms with van der Waals surface area (Å²) in [6.07, 6.45) is 2.01. The Bertz CT molecular complexity index is 718. The predicted molar refractivity (Wildman–Crippen MR) is 84.2 cm³/mol. The normalized spacial score (nSPS) is 12.9. The first-order valence-electron chi connectivity index (χ1n) is 6.16. The summed E-state index contributed by atoms with van der Waals surface area (Å²) in [4.78, 5) is 6.62. The average molecular weight is 328 g/mol. The zero-order valence-corrected chi connectivity index (χ0v) is 13.5. The predicted octanol–water partition coefficient (Wildman–Crippen LogP) is 3.97. The van der Waals surface area contributed by atoms with Gasteiger partial charge in [-0.15, -0.1) is 22.7 Å². The van der Waals surface area contributed by atoms with Gasteiger partial charge in [0.15, 0.2) is 4.96 Å². The maximum absolute atomic E-state index is 5.97. The topological polar surface area (TPSA) is 38.6 Å². The van der Waals surface area contributed by atoms with Crippen LogP contribution in [-0.2, 0) is 6.54 Å². The number of ether oxygens (including phenoxy) is 1. The molecule has 0 saturated carbocycles. The molecular weight excluding hydrogens is 314 g/mol. The number of methoxy groups -OCH3 is 1. The highest BCUT2D eigenvalue weighted by Gasteiger charge is 2.15. The molecule has 106 valence electrons. The maximum atomic E-state index is 5.97.